The largest absolute Gasteiger partial charge is 0.508 e. The predicted octanol–water partition coefficient (Wildman–Crippen LogP) is 3.71. The van der Waals surface area contributed by atoms with E-state index in [9.17, 15) is 28.7 Å². The Balaban J connectivity index is 1.55. The summed E-state index contributed by atoms with van der Waals surface area (Å²) in [6.07, 6.45) is 2.37. The third-order valence-corrected chi connectivity index (χ3v) is 9.12. The number of nitrogens with zero attached hydrogens (tertiary/aromatic N) is 1. The van der Waals surface area contributed by atoms with E-state index in [1.165, 1.54) is 25.3 Å². The monoisotopic (exact) mass is 538 g/mol. The van der Waals surface area contributed by atoms with Crippen molar-refractivity contribution in [1.29, 1.82) is 0 Å². The van der Waals surface area contributed by atoms with E-state index in [-0.39, 0.29) is 28.8 Å². The van der Waals surface area contributed by atoms with Crippen molar-refractivity contribution in [3.8, 4) is 11.5 Å². The van der Waals surface area contributed by atoms with Gasteiger partial charge in [-0.25, -0.2) is 9.29 Å². The number of allylic oxidation sites excluding steroid dienone is 2. The van der Waals surface area contributed by atoms with E-state index in [1.54, 1.807) is 19.1 Å². The molecule has 3 fully saturated rings. The molecule has 0 radical (unpaired) electrons. The lowest BCUT2D eigenvalue weighted by Gasteiger charge is -2.49. The average molecular weight is 539 g/mol. The Kier molecular flexibility index (Phi) is 5.43. The molecule has 4 amide bonds. The minimum atomic E-state index is -1.34. The third-order valence-electron chi connectivity index (χ3n) is 8.83. The van der Waals surface area contributed by atoms with Crippen LogP contribution in [0.3, 0.4) is 0 Å². The first-order valence-electron chi connectivity index (χ1n) is 12.3. The number of imide groups is 2. The molecule has 4 aliphatic rings. The molecule has 2 N–H and O–H groups in total. The van der Waals surface area contributed by atoms with Gasteiger partial charge in [0.1, 0.15) is 17.3 Å². The molecule has 2 heterocycles. The smallest absolute Gasteiger partial charge is 0.241 e. The number of anilines is 1. The van der Waals surface area contributed by atoms with Crippen LogP contribution in [0.1, 0.15) is 31.2 Å². The van der Waals surface area contributed by atoms with Crippen LogP contribution in [0.4, 0.5) is 10.1 Å². The molecule has 2 aliphatic heterocycles. The summed E-state index contributed by atoms with van der Waals surface area (Å²) in [5.41, 5.74) is -0.0329. The first-order valence-corrected chi connectivity index (χ1v) is 12.7. The molecule has 0 unspecified atom stereocenters. The maximum atomic E-state index is 14.2. The number of nitrogens with one attached hydrogen (secondary N) is 1. The lowest BCUT2D eigenvalue weighted by Crippen LogP contribution is -2.48. The molecule has 196 valence electrons. The zero-order chi connectivity index (χ0) is 27.1. The number of ether oxygens (including phenoxy) is 1. The van der Waals surface area contributed by atoms with Gasteiger partial charge >= 0.3 is 0 Å². The molecule has 2 aromatic carbocycles. The van der Waals surface area contributed by atoms with Gasteiger partial charge in [0.25, 0.3) is 0 Å². The highest BCUT2D eigenvalue weighted by Gasteiger charge is 2.67. The Bertz CT molecular complexity index is 1470. The molecule has 1 saturated carbocycles. The first kappa shape index (κ1) is 24.6. The zero-order valence-corrected chi connectivity index (χ0v) is 21.3. The number of carbonyl (C=O) groups is 4. The molecular formula is C28H24ClFN2O6. The van der Waals surface area contributed by atoms with Gasteiger partial charge in [-0.15, -0.1) is 0 Å². The number of phenols is 1. The minimum Gasteiger partial charge on any atom is -0.508 e. The Morgan fingerprint density at radius 2 is 1.87 bits per heavy atom. The summed E-state index contributed by atoms with van der Waals surface area (Å²) in [6, 6.07) is 8.41. The molecule has 8 nitrogen and oxygen atoms in total. The molecule has 6 atom stereocenters. The predicted molar refractivity (Wildman–Crippen MR) is 134 cm³/mol. The number of fused-ring (bicyclic) bond motifs is 4. The van der Waals surface area contributed by atoms with Crippen LogP contribution in [-0.2, 0) is 19.2 Å². The van der Waals surface area contributed by atoms with Crippen molar-refractivity contribution in [3.05, 3.63) is 64.5 Å². The van der Waals surface area contributed by atoms with Crippen molar-refractivity contribution in [2.24, 2.45) is 29.1 Å². The van der Waals surface area contributed by atoms with Crippen molar-refractivity contribution in [1.82, 2.24) is 5.32 Å². The molecule has 2 aromatic rings. The standard InChI is InChI=1S/C28H24ClFN2O6/c1-28-18(26(36)32(27(28)37)12-3-8-20(30)19(29)9-12)11-17-14(6-7-16-22(17)25(35)31-24(16)34)23(28)15-5-4-13(38-2)10-21(15)33/h3-6,8-10,16-18,22-23,33H,7,11H2,1-2H3,(H,31,34,35)/t16-,17+,18-,22-,23+,28+/m0/s1. The van der Waals surface area contributed by atoms with Crippen LogP contribution in [0.2, 0.25) is 5.02 Å². The van der Waals surface area contributed by atoms with Gasteiger partial charge in [-0.2, -0.15) is 0 Å². The fourth-order valence-electron chi connectivity index (χ4n) is 7.04. The van der Waals surface area contributed by atoms with Gasteiger partial charge in [0.15, 0.2) is 0 Å². The lowest BCUT2D eigenvalue weighted by molar-refractivity contribution is -0.131. The second-order valence-electron chi connectivity index (χ2n) is 10.5. The van der Waals surface area contributed by atoms with Crippen LogP contribution < -0.4 is 15.0 Å². The van der Waals surface area contributed by atoms with E-state index < -0.39 is 58.5 Å². The fraction of sp³-hybridized carbons (Fsp3) is 0.357. The summed E-state index contributed by atoms with van der Waals surface area (Å²) in [7, 11) is 1.47. The first-order chi connectivity index (χ1) is 18.1. The second-order valence-corrected chi connectivity index (χ2v) is 10.9. The maximum absolute atomic E-state index is 14.2. The number of phenolic OH excluding ortho intramolecular Hbond substituents is 1. The summed E-state index contributed by atoms with van der Waals surface area (Å²) in [6.45, 7) is 1.69. The highest BCUT2D eigenvalue weighted by molar-refractivity contribution is 6.31. The highest BCUT2D eigenvalue weighted by Crippen LogP contribution is 2.64. The van der Waals surface area contributed by atoms with Crippen molar-refractivity contribution < 1.29 is 33.4 Å². The highest BCUT2D eigenvalue weighted by atomic mass is 35.5. The Labute approximate surface area is 222 Å². The van der Waals surface area contributed by atoms with E-state index in [0.717, 1.165) is 16.5 Å². The van der Waals surface area contributed by atoms with Gasteiger partial charge in [0, 0.05) is 17.5 Å². The number of methoxy groups -OCH3 is 1. The van der Waals surface area contributed by atoms with Crippen LogP contribution in [-0.4, -0.2) is 35.8 Å². The van der Waals surface area contributed by atoms with Crippen LogP contribution in [0.15, 0.2) is 48.0 Å². The molecule has 2 saturated heterocycles. The maximum Gasteiger partial charge on any atom is 0.241 e. The number of rotatable bonds is 3. The summed E-state index contributed by atoms with van der Waals surface area (Å²) in [4.78, 5) is 54.5. The number of aromatic hydroxyl groups is 1. The molecule has 38 heavy (non-hydrogen) atoms. The number of hydrogen-bond donors (Lipinski definition) is 2. The number of benzene rings is 2. The van der Waals surface area contributed by atoms with E-state index >= 15 is 0 Å². The van der Waals surface area contributed by atoms with Crippen LogP contribution in [0.5, 0.6) is 11.5 Å². The minimum absolute atomic E-state index is 0.117. The molecule has 0 aromatic heterocycles. The van der Waals surface area contributed by atoms with Gasteiger partial charge in [0.2, 0.25) is 23.6 Å². The summed E-state index contributed by atoms with van der Waals surface area (Å²) in [5, 5.41) is 13.3. The van der Waals surface area contributed by atoms with Crippen LogP contribution in [0.25, 0.3) is 0 Å². The average Bonchev–Trinajstić information content (AvgIpc) is 3.28. The van der Waals surface area contributed by atoms with Crippen molar-refractivity contribution in [2.45, 2.75) is 25.7 Å². The summed E-state index contributed by atoms with van der Waals surface area (Å²) < 4.78 is 19.1. The third kappa shape index (κ3) is 3.20. The number of hydrogen-bond acceptors (Lipinski definition) is 6. The number of carbonyl (C=O) groups excluding carboxylic acids is 4. The molecular weight excluding hydrogens is 515 g/mol. The van der Waals surface area contributed by atoms with Gasteiger partial charge in [-0.1, -0.05) is 29.3 Å². The van der Waals surface area contributed by atoms with Crippen LogP contribution in [0, 0.1) is 34.9 Å². The second kappa shape index (κ2) is 8.39. The molecule has 2 aliphatic carbocycles. The molecule has 10 heteroatoms. The quantitative estimate of drug-likeness (QED) is 0.455. The fourth-order valence-corrected chi connectivity index (χ4v) is 7.21. The van der Waals surface area contributed by atoms with Gasteiger partial charge in [0.05, 0.1) is 41.0 Å². The SMILES string of the molecule is COc1ccc([C@H]2C3=CC[C@@H]4C(=O)NC(=O)[C@@H]4[C@@H]3C[C@H]3C(=O)N(c4ccc(F)c(Cl)c4)C(=O)[C@@]23C)c(O)c1. The van der Waals surface area contributed by atoms with Crippen molar-refractivity contribution in [2.75, 3.05) is 12.0 Å². The summed E-state index contributed by atoms with van der Waals surface area (Å²) in [5.74, 6) is -5.47. The van der Waals surface area contributed by atoms with Crippen LogP contribution >= 0.6 is 11.6 Å². The van der Waals surface area contributed by atoms with E-state index in [4.69, 9.17) is 16.3 Å². The topological polar surface area (TPSA) is 113 Å². The Morgan fingerprint density at radius 1 is 1.11 bits per heavy atom. The number of halogens is 2. The van der Waals surface area contributed by atoms with Gasteiger partial charge in [-0.05, 0) is 49.9 Å². The number of amides is 4. The van der Waals surface area contributed by atoms with Gasteiger partial charge < -0.3 is 9.84 Å². The van der Waals surface area contributed by atoms with E-state index in [2.05, 4.69) is 5.32 Å². The molecule has 6 rings (SSSR count). The lowest BCUT2D eigenvalue weighted by atomic mass is 9.51. The Morgan fingerprint density at radius 3 is 2.55 bits per heavy atom. The van der Waals surface area contributed by atoms with E-state index in [1.807, 2.05) is 6.08 Å². The van der Waals surface area contributed by atoms with Crippen molar-refractivity contribution >= 4 is 40.9 Å². The summed E-state index contributed by atoms with van der Waals surface area (Å²) >= 11 is 5.98. The van der Waals surface area contributed by atoms with Crippen molar-refractivity contribution in [3.63, 3.8) is 0 Å². The Hall–Kier alpha value is -3.72. The zero-order valence-electron chi connectivity index (χ0n) is 20.5. The van der Waals surface area contributed by atoms with E-state index in [0.29, 0.717) is 17.7 Å². The molecule has 0 bridgehead atoms. The molecule has 0 spiro atoms. The van der Waals surface area contributed by atoms with Gasteiger partial charge in [-0.3, -0.25) is 24.5 Å². The normalized spacial score (nSPS) is 31.9.